The molecule has 1 aromatic heterocycles. The van der Waals surface area contributed by atoms with Crippen molar-refractivity contribution in [3.63, 3.8) is 0 Å². The Hall–Kier alpha value is -1.65. The van der Waals surface area contributed by atoms with Gasteiger partial charge in [0, 0.05) is 12.0 Å². The second-order valence-corrected chi connectivity index (χ2v) is 5.96. The normalized spacial score (nSPS) is 14.0. The average Bonchev–Trinajstić information content (AvgIpc) is 2.47. The third-order valence-electron chi connectivity index (χ3n) is 3.36. The third-order valence-corrected chi connectivity index (χ3v) is 3.55. The van der Waals surface area contributed by atoms with Gasteiger partial charge in [-0.15, -0.1) is 0 Å². The lowest BCUT2D eigenvalue weighted by molar-refractivity contribution is 0.223. The highest BCUT2D eigenvalue weighted by Gasteiger charge is 2.26. The molecule has 21 heavy (non-hydrogen) atoms. The highest BCUT2D eigenvalue weighted by atomic mass is 35.5. The van der Waals surface area contributed by atoms with E-state index in [9.17, 15) is 5.11 Å². The van der Waals surface area contributed by atoms with Gasteiger partial charge in [0.1, 0.15) is 16.8 Å². The Balaban J connectivity index is 2.35. The number of aliphatic hydroxyl groups excluding tert-OH is 1. The quantitative estimate of drug-likeness (QED) is 0.829. The fourth-order valence-electron chi connectivity index (χ4n) is 2.05. The van der Waals surface area contributed by atoms with Gasteiger partial charge in [-0.1, -0.05) is 55.8 Å². The molecule has 0 amide bonds. The van der Waals surface area contributed by atoms with Gasteiger partial charge in [-0.05, 0) is 12.5 Å². The van der Waals surface area contributed by atoms with E-state index in [1.54, 1.807) is 6.07 Å². The molecule has 2 N–H and O–H groups in total. The van der Waals surface area contributed by atoms with Crippen LogP contribution in [0.4, 0.5) is 5.82 Å². The topological polar surface area (TPSA) is 58.0 Å². The van der Waals surface area contributed by atoms with Crippen LogP contribution in [-0.4, -0.2) is 21.7 Å². The van der Waals surface area contributed by atoms with Gasteiger partial charge in [0.05, 0.1) is 12.1 Å². The minimum atomic E-state index is -0.632. The highest BCUT2D eigenvalue weighted by molar-refractivity contribution is 6.29. The lowest BCUT2D eigenvalue weighted by Crippen LogP contribution is -2.36. The number of rotatable bonds is 5. The molecule has 2 aromatic rings. The summed E-state index contributed by atoms with van der Waals surface area (Å²) in [5, 5.41) is 13.5. The van der Waals surface area contributed by atoms with Crippen LogP contribution >= 0.6 is 11.6 Å². The lowest BCUT2D eigenvalue weighted by atomic mass is 9.93. The standard InChI is InChI=1S/C16H20ClN3O/c1-11(2)15-18-13(17)9-14(19-15)20-16(3,10-21)12-7-5-4-6-8-12/h4-9,11,21H,10H2,1-3H3,(H,18,19,20). The minimum Gasteiger partial charge on any atom is -0.394 e. The van der Waals surface area contributed by atoms with Crippen LogP contribution in [0, 0.1) is 0 Å². The molecule has 2 rings (SSSR count). The van der Waals surface area contributed by atoms with Crippen LogP contribution < -0.4 is 5.32 Å². The van der Waals surface area contributed by atoms with Crippen LogP contribution in [0.2, 0.25) is 5.15 Å². The number of halogens is 1. The molecule has 5 heteroatoms. The summed E-state index contributed by atoms with van der Waals surface area (Å²) in [4.78, 5) is 8.69. The fourth-order valence-corrected chi connectivity index (χ4v) is 2.24. The number of anilines is 1. The zero-order chi connectivity index (χ0) is 15.5. The minimum absolute atomic E-state index is 0.0599. The molecular formula is C16H20ClN3O. The molecular weight excluding hydrogens is 286 g/mol. The number of nitrogens with zero attached hydrogens (tertiary/aromatic N) is 2. The molecule has 0 saturated carbocycles. The monoisotopic (exact) mass is 305 g/mol. The van der Waals surface area contributed by atoms with Gasteiger partial charge in [0.25, 0.3) is 0 Å². The molecule has 0 bridgehead atoms. The Labute approximate surface area is 130 Å². The van der Waals surface area contributed by atoms with Gasteiger partial charge in [0.15, 0.2) is 0 Å². The van der Waals surface area contributed by atoms with Crippen LogP contribution in [0.25, 0.3) is 0 Å². The smallest absolute Gasteiger partial charge is 0.135 e. The van der Waals surface area contributed by atoms with Gasteiger partial charge in [-0.2, -0.15) is 0 Å². The van der Waals surface area contributed by atoms with E-state index in [1.165, 1.54) is 0 Å². The van der Waals surface area contributed by atoms with Crippen molar-refractivity contribution in [1.29, 1.82) is 0 Å². The van der Waals surface area contributed by atoms with Crippen LogP contribution in [0.3, 0.4) is 0 Å². The molecule has 0 fully saturated rings. The molecule has 1 atom stereocenters. The molecule has 1 aromatic carbocycles. The van der Waals surface area contributed by atoms with Crippen molar-refractivity contribution in [1.82, 2.24) is 9.97 Å². The fraction of sp³-hybridized carbons (Fsp3) is 0.375. The Morgan fingerprint density at radius 1 is 1.24 bits per heavy atom. The number of nitrogens with one attached hydrogen (secondary N) is 1. The number of hydrogen-bond donors (Lipinski definition) is 2. The number of benzene rings is 1. The molecule has 0 radical (unpaired) electrons. The second-order valence-electron chi connectivity index (χ2n) is 5.57. The van der Waals surface area contributed by atoms with E-state index in [0.29, 0.717) is 16.8 Å². The van der Waals surface area contributed by atoms with Crippen LogP contribution in [-0.2, 0) is 5.54 Å². The molecule has 0 aliphatic carbocycles. The van der Waals surface area contributed by atoms with Gasteiger partial charge in [-0.3, -0.25) is 0 Å². The predicted molar refractivity (Wildman–Crippen MR) is 85.6 cm³/mol. The molecule has 112 valence electrons. The Morgan fingerprint density at radius 3 is 2.48 bits per heavy atom. The first kappa shape index (κ1) is 15.7. The molecule has 0 aliphatic heterocycles. The molecule has 0 saturated heterocycles. The second kappa shape index (κ2) is 6.41. The number of aliphatic hydroxyl groups is 1. The van der Waals surface area contributed by atoms with E-state index in [2.05, 4.69) is 15.3 Å². The van der Waals surface area contributed by atoms with E-state index in [4.69, 9.17) is 11.6 Å². The highest BCUT2D eigenvalue weighted by Crippen LogP contribution is 2.26. The van der Waals surface area contributed by atoms with Crippen LogP contribution in [0.15, 0.2) is 36.4 Å². The first-order valence-corrected chi connectivity index (χ1v) is 7.31. The molecule has 0 spiro atoms. The molecule has 1 heterocycles. The van der Waals surface area contributed by atoms with Crippen molar-refractivity contribution < 1.29 is 5.11 Å². The average molecular weight is 306 g/mol. The van der Waals surface area contributed by atoms with E-state index in [0.717, 1.165) is 5.56 Å². The number of hydrogen-bond acceptors (Lipinski definition) is 4. The number of aromatic nitrogens is 2. The van der Waals surface area contributed by atoms with E-state index >= 15 is 0 Å². The SMILES string of the molecule is CC(C)c1nc(Cl)cc(NC(C)(CO)c2ccccc2)n1. The first-order chi connectivity index (χ1) is 9.94. The van der Waals surface area contributed by atoms with Crippen LogP contribution in [0.1, 0.15) is 38.1 Å². The summed E-state index contributed by atoms with van der Waals surface area (Å²) in [6.07, 6.45) is 0. The van der Waals surface area contributed by atoms with Gasteiger partial charge in [-0.25, -0.2) is 9.97 Å². The van der Waals surface area contributed by atoms with Gasteiger partial charge >= 0.3 is 0 Å². The first-order valence-electron chi connectivity index (χ1n) is 6.93. The summed E-state index contributed by atoms with van der Waals surface area (Å²) in [6, 6.07) is 11.4. The zero-order valence-corrected chi connectivity index (χ0v) is 13.2. The summed E-state index contributed by atoms with van der Waals surface area (Å²) >= 11 is 6.06. The summed E-state index contributed by atoms with van der Waals surface area (Å²) in [6.45, 7) is 5.89. The maximum absolute atomic E-state index is 9.81. The van der Waals surface area contributed by atoms with Crippen molar-refractivity contribution in [2.45, 2.75) is 32.2 Å². The van der Waals surface area contributed by atoms with Crippen LogP contribution in [0.5, 0.6) is 0 Å². The largest absolute Gasteiger partial charge is 0.394 e. The maximum Gasteiger partial charge on any atom is 0.135 e. The molecule has 4 nitrogen and oxygen atoms in total. The van der Waals surface area contributed by atoms with E-state index in [1.807, 2.05) is 51.1 Å². The van der Waals surface area contributed by atoms with Crippen molar-refractivity contribution >= 4 is 17.4 Å². The summed E-state index contributed by atoms with van der Waals surface area (Å²) < 4.78 is 0. The van der Waals surface area contributed by atoms with Crippen molar-refractivity contribution in [2.24, 2.45) is 0 Å². The zero-order valence-electron chi connectivity index (χ0n) is 12.5. The molecule has 0 aliphatic rings. The third kappa shape index (κ3) is 3.71. The maximum atomic E-state index is 9.81. The van der Waals surface area contributed by atoms with Gasteiger partial charge < -0.3 is 10.4 Å². The Morgan fingerprint density at radius 2 is 1.90 bits per heavy atom. The molecule has 1 unspecified atom stereocenters. The predicted octanol–water partition coefficient (Wildman–Crippen LogP) is 3.57. The Kier molecular flexibility index (Phi) is 4.80. The van der Waals surface area contributed by atoms with Crippen molar-refractivity contribution in [3.8, 4) is 0 Å². The summed E-state index contributed by atoms with van der Waals surface area (Å²) in [5.74, 6) is 1.47. The van der Waals surface area contributed by atoms with Gasteiger partial charge in [0.2, 0.25) is 0 Å². The Bertz CT molecular complexity index is 604. The van der Waals surface area contributed by atoms with Crippen molar-refractivity contribution in [3.05, 3.63) is 52.9 Å². The van der Waals surface area contributed by atoms with Crippen molar-refractivity contribution in [2.75, 3.05) is 11.9 Å². The van der Waals surface area contributed by atoms with E-state index < -0.39 is 5.54 Å². The lowest BCUT2D eigenvalue weighted by Gasteiger charge is -2.30. The summed E-state index contributed by atoms with van der Waals surface area (Å²) in [7, 11) is 0. The van der Waals surface area contributed by atoms with E-state index in [-0.39, 0.29) is 12.5 Å². The summed E-state index contributed by atoms with van der Waals surface area (Å²) in [5.41, 5.74) is 0.348.